The third-order valence-electron chi connectivity index (χ3n) is 2.68. The van der Waals surface area contributed by atoms with Gasteiger partial charge in [-0.25, -0.2) is 4.39 Å². The van der Waals surface area contributed by atoms with E-state index in [1.165, 1.54) is 12.1 Å². The van der Waals surface area contributed by atoms with Crippen molar-refractivity contribution in [3.8, 4) is 6.07 Å². The molecule has 18 heavy (non-hydrogen) atoms. The number of hydrogen-bond acceptors (Lipinski definition) is 2. The lowest BCUT2D eigenvalue weighted by molar-refractivity contribution is -0.123. The maximum Gasteiger partial charge on any atom is 0.237 e. The monoisotopic (exact) mass is 248 g/mol. The molecule has 1 unspecified atom stereocenters. The molecule has 0 aliphatic carbocycles. The lowest BCUT2D eigenvalue weighted by Crippen LogP contribution is -2.31. The molecule has 3 nitrogen and oxygen atoms in total. The molecule has 0 heterocycles. The van der Waals surface area contributed by atoms with Gasteiger partial charge in [-0.2, -0.15) is 5.26 Å². The van der Waals surface area contributed by atoms with E-state index >= 15 is 0 Å². The van der Waals surface area contributed by atoms with E-state index in [0.29, 0.717) is 19.4 Å². The van der Waals surface area contributed by atoms with Crippen molar-refractivity contribution in [3.05, 3.63) is 35.6 Å². The average molecular weight is 248 g/mol. The minimum atomic E-state index is -0.566. The summed E-state index contributed by atoms with van der Waals surface area (Å²) in [4.78, 5) is 11.6. The molecule has 0 bridgehead atoms. The second-order valence-electron chi connectivity index (χ2n) is 4.14. The fourth-order valence-corrected chi connectivity index (χ4v) is 1.65. The molecule has 1 aromatic carbocycles. The molecule has 0 aromatic heterocycles. The number of rotatable bonds is 6. The fraction of sp³-hybridized carbons (Fsp3) is 0.429. The van der Waals surface area contributed by atoms with Gasteiger partial charge in [-0.3, -0.25) is 4.79 Å². The van der Waals surface area contributed by atoms with Crippen molar-refractivity contribution in [2.45, 2.75) is 26.2 Å². The van der Waals surface area contributed by atoms with Gasteiger partial charge in [-0.1, -0.05) is 25.5 Å². The zero-order chi connectivity index (χ0) is 13.4. The molecule has 1 N–H and O–H groups in total. The lowest BCUT2D eigenvalue weighted by Gasteiger charge is -2.09. The minimum absolute atomic E-state index is 0.221. The third-order valence-corrected chi connectivity index (χ3v) is 2.68. The number of hydrogen-bond donors (Lipinski definition) is 1. The van der Waals surface area contributed by atoms with Gasteiger partial charge in [-0.15, -0.1) is 0 Å². The molecule has 0 radical (unpaired) electrons. The largest absolute Gasteiger partial charge is 0.355 e. The summed E-state index contributed by atoms with van der Waals surface area (Å²) < 4.78 is 12.7. The molecule has 4 heteroatoms. The standard InChI is InChI=1S/C14H17FN2O/c1-2-3-12(10-16)14(18)17-9-8-11-4-6-13(15)7-5-11/h4-7,12H,2-3,8-9H2,1H3,(H,17,18). The van der Waals surface area contributed by atoms with Crippen LogP contribution in [-0.4, -0.2) is 12.5 Å². The van der Waals surface area contributed by atoms with Crippen molar-refractivity contribution >= 4 is 5.91 Å². The number of nitrogens with one attached hydrogen (secondary N) is 1. The van der Waals surface area contributed by atoms with Gasteiger partial charge in [0.05, 0.1) is 6.07 Å². The second kappa shape index (κ2) is 7.44. The van der Waals surface area contributed by atoms with Crippen molar-refractivity contribution in [3.63, 3.8) is 0 Å². The first kappa shape index (κ1) is 14.2. The van der Waals surface area contributed by atoms with Crippen LogP contribution in [0.3, 0.4) is 0 Å². The molecular weight excluding hydrogens is 231 g/mol. The van der Waals surface area contributed by atoms with E-state index in [-0.39, 0.29) is 11.7 Å². The van der Waals surface area contributed by atoms with Gasteiger partial charge in [0.1, 0.15) is 11.7 Å². The smallest absolute Gasteiger partial charge is 0.237 e. The zero-order valence-corrected chi connectivity index (χ0v) is 10.4. The van der Waals surface area contributed by atoms with Crippen molar-refractivity contribution in [1.82, 2.24) is 5.32 Å². The van der Waals surface area contributed by atoms with E-state index < -0.39 is 5.92 Å². The van der Waals surface area contributed by atoms with Crippen LogP contribution in [-0.2, 0) is 11.2 Å². The van der Waals surface area contributed by atoms with Crippen LogP contribution in [0.4, 0.5) is 4.39 Å². The summed E-state index contributed by atoms with van der Waals surface area (Å²) in [6, 6.07) is 8.17. The molecule has 0 saturated carbocycles. The molecule has 1 atom stereocenters. The SMILES string of the molecule is CCCC(C#N)C(=O)NCCc1ccc(F)cc1. The highest BCUT2D eigenvalue weighted by Crippen LogP contribution is 2.05. The fourth-order valence-electron chi connectivity index (χ4n) is 1.65. The van der Waals surface area contributed by atoms with Crippen LogP contribution in [0, 0.1) is 23.1 Å². The van der Waals surface area contributed by atoms with Crippen LogP contribution >= 0.6 is 0 Å². The molecule has 0 aliphatic heterocycles. The summed E-state index contributed by atoms with van der Waals surface area (Å²) in [5, 5.41) is 11.5. The van der Waals surface area contributed by atoms with Gasteiger partial charge in [0.15, 0.2) is 0 Å². The van der Waals surface area contributed by atoms with Crippen molar-refractivity contribution in [2.75, 3.05) is 6.54 Å². The van der Waals surface area contributed by atoms with E-state index in [1.54, 1.807) is 12.1 Å². The first-order valence-corrected chi connectivity index (χ1v) is 6.09. The lowest BCUT2D eigenvalue weighted by atomic mass is 10.0. The predicted octanol–water partition coefficient (Wildman–Crippen LogP) is 2.42. The Morgan fingerprint density at radius 3 is 2.67 bits per heavy atom. The molecule has 0 aliphatic rings. The Balaban J connectivity index is 2.35. The Morgan fingerprint density at radius 1 is 1.44 bits per heavy atom. The van der Waals surface area contributed by atoms with Crippen LogP contribution in [0.2, 0.25) is 0 Å². The van der Waals surface area contributed by atoms with E-state index in [4.69, 9.17) is 5.26 Å². The Labute approximate surface area is 107 Å². The highest BCUT2D eigenvalue weighted by molar-refractivity contribution is 5.80. The molecule has 1 amide bonds. The molecule has 0 spiro atoms. The van der Waals surface area contributed by atoms with E-state index in [0.717, 1.165) is 12.0 Å². The molecule has 0 fully saturated rings. The number of nitrogens with zero attached hydrogens (tertiary/aromatic N) is 1. The molecule has 0 saturated heterocycles. The van der Waals surface area contributed by atoms with Gasteiger partial charge >= 0.3 is 0 Å². The van der Waals surface area contributed by atoms with Gasteiger partial charge in [-0.05, 0) is 30.5 Å². The quantitative estimate of drug-likeness (QED) is 0.840. The summed E-state index contributed by atoms with van der Waals surface area (Å²) in [5.41, 5.74) is 0.959. The normalized spacial score (nSPS) is 11.6. The summed E-state index contributed by atoms with van der Waals surface area (Å²) in [7, 11) is 0. The summed E-state index contributed by atoms with van der Waals surface area (Å²) >= 11 is 0. The van der Waals surface area contributed by atoms with Crippen molar-refractivity contribution in [1.29, 1.82) is 5.26 Å². The summed E-state index contributed by atoms with van der Waals surface area (Å²) in [6.07, 6.45) is 2.03. The third kappa shape index (κ3) is 4.54. The van der Waals surface area contributed by atoms with E-state index in [9.17, 15) is 9.18 Å². The van der Waals surface area contributed by atoms with Crippen LogP contribution in [0.25, 0.3) is 0 Å². The van der Waals surface area contributed by atoms with Crippen molar-refractivity contribution < 1.29 is 9.18 Å². The zero-order valence-electron chi connectivity index (χ0n) is 10.4. The average Bonchev–Trinajstić information content (AvgIpc) is 2.38. The molecular formula is C14H17FN2O. The van der Waals surface area contributed by atoms with Gasteiger partial charge in [0.25, 0.3) is 0 Å². The molecule has 1 aromatic rings. The van der Waals surface area contributed by atoms with E-state index in [2.05, 4.69) is 5.32 Å². The van der Waals surface area contributed by atoms with E-state index in [1.807, 2.05) is 13.0 Å². The number of nitriles is 1. The number of halogens is 1. The Morgan fingerprint density at radius 2 is 2.11 bits per heavy atom. The maximum atomic E-state index is 12.7. The second-order valence-corrected chi connectivity index (χ2v) is 4.14. The van der Waals surface area contributed by atoms with Gasteiger partial charge < -0.3 is 5.32 Å². The maximum absolute atomic E-state index is 12.7. The Hall–Kier alpha value is -1.89. The van der Waals surface area contributed by atoms with Crippen LogP contribution in [0.1, 0.15) is 25.3 Å². The first-order valence-electron chi connectivity index (χ1n) is 6.09. The van der Waals surface area contributed by atoms with Gasteiger partial charge in [0, 0.05) is 6.54 Å². The molecule has 1 rings (SSSR count). The Bertz CT molecular complexity index is 422. The molecule has 96 valence electrons. The van der Waals surface area contributed by atoms with Crippen LogP contribution < -0.4 is 5.32 Å². The van der Waals surface area contributed by atoms with Crippen LogP contribution in [0.5, 0.6) is 0 Å². The first-order chi connectivity index (χ1) is 8.67. The number of carbonyl (C=O) groups excluding carboxylic acids is 1. The predicted molar refractivity (Wildman–Crippen MR) is 67.1 cm³/mol. The summed E-state index contributed by atoms with van der Waals surface area (Å²) in [6.45, 7) is 2.41. The number of carbonyl (C=O) groups is 1. The minimum Gasteiger partial charge on any atom is -0.355 e. The Kier molecular flexibility index (Phi) is 5.86. The summed E-state index contributed by atoms with van der Waals surface area (Å²) in [5.74, 6) is -1.06. The number of benzene rings is 1. The van der Waals surface area contributed by atoms with Gasteiger partial charge in [0.2, 0.25) is 5.91 Å². The highest BCUT2D eigenvalue weighted by Gasteiger charge is 2.15. The number of amides is 1. The van der Waals surface area contributed by atoms with Crippen LogP contribution in [0.15, 0.2) is 24.3 Å². The topological polar surface area (TPSA) is 52.9 Å². The van der Waals surface area contributed by atoms with Crippen molar-refractivity contribution in [2.24, 2.45) is 5.92 Å². The highest BCUT2D eigenvalue weighted by atomic mass is 19.1.